The third-order valence-electron chi connectivity index (χ3n) is 5.79. The highest BCUT2D eigenvalue weighted by Gasteiger charge is 2.29. The number of anilines is 1. The Morgan fingerprint density at radius 3 is 2.71 bits per heavy atom. The highest BCUT2D eigenvalue weighted by atomic mass is 19.3. The zero-order chi connectivity index (χ0) is 22.3. The highest BCUT2D eigenvalue weighted by molar-refractivity contribution is 5.80. The summed E-state index contributed by atoms with van der Waals surface area (Å²) < 4.78 is 35.7. The predicted molar refractivity (Wildman–Crippen MR) is 119 cm³/mol. The molecule has 0 aromatic heterocycles. The number of benzene rings is 1. The number of nitrogens with one attached hydrogen (secondary N) is 2. The molecule has 1 unspecified atom stereocenters. The van der Waals surface area contributed by atoms with Gasteiger partial charge in [0.25, 0.3) is 0 Å². The van der Waals surface area contributed by atoms with Crippen LogP contribution in [0.5, 0.6) is 5.75 Å². The van der Waals surface area contributed by atoms with Crippen LogP contribution in [0.4, 0.5) is 14.5 Å². The lowest BCUT2D eigenvalue weighted by molar-refractivity contribution is -0.0495. The van der Waals surface area contributed by atoms with Crippen molar-refractivity contribution in [2.75, 3.05) is 57.4 Å². The van der Waals surface area contributed by atoms with E-state index >= 15 is 0 Å². The molecule has 2 heterocycles. The maximum atomic E-state index is 12.7. The van der Waals surface area contributed by atoms with E-state index in [9.17, 15) is 8.78 Å². The molecule has 0 radical (unpaired) electrons. The summed E-state index contributed by atoms with van der Waals surface area (Å²) in [6.45, 7) is 9.90. The Morgan fingerprint density at radius 1 is 1.26 bits per heavy atom. The lowest BCUT2D eigenvalue weighted by Crippen LogP contribution is -2.52. The van der Waals surface area contributed by atoms with Gasteiger partial charge in [-0.15, -0.1) is 0 Å². The van der Waals surface area contributed by atoms with Gasteiger partial charge in [-0.1, -0.05) is 12.1 Å². The number of morpholine rings is 1. The third kappa shape index (κ3) is 6.67. The average molecular weight is 440 g/mol. The molecule has 2 aliphatic rings. The van der Waals surface area contributed by atoms with Gasteiger partial charge in [-0.05, 0) is 39.3 Å². The van der Waals surface area contributed by atoms with Crippen molar-refractivity contribution in [1.29, 1.82) is 0 Å². The second-order valence-electron chi connectivity index (χ2n) is 8.53. The van der Waals surface area contributed by atoms with E-state index in [1.807, 2.05) is 19.1 Å². The number of hydrogen-bond acceptors (Lipinski definition) is 5. The minimum atomic E-state index is -2.83. The Balaban J connectivity index is 1.60. The van der Waals surface area contributed by atoms with Crippen LogP contribution in [0.2, 0.25) is 0 Å². The summed E-state index contributed by atoms with van der Waals surface area (Å²) in [5.41, 5.74) is 0.641. The van der Waals surface area contributed by atoms with Crippen LogP contribution in [0.3, 0.4) is 0 Å². The number of alkyl halides is 2. The second kappa shape index (κ2) is 10.9. The van der Waals surface area contributed by atoms with Crippen molar-refractivity contribution in [2.45, 2.75) is 45.4 Å². The highest BCUT2D eigenvalue weighted by Crippen LogP contribution is 2.31. The molecule has 0 amide bonds. The fourth-order valence-corrected chi connectivity index (χ4v) is 4.07. The number of guanidine groups is 1. The Morgan fingerprint density at radius 2 is 2.00 bits per heavy atom. The van der Waals surface area contributed by atoms with E-state index in [4.69, 9.17) is 14.5 Å². The molecule has 2 fully saturated rings. The van der Waals surface area contributed by atoms with Crippen molar-refractivity contribution < 1.29 is 18.3 Å². The SMILES string of the molecule is CCNC(=NCC(C)(C)N1CCOCC1)NC1CCN(c2ccccc2OC(F)F)C1. The van der Waals surface area contributed by atoms with Crippen LogP contribution in [0.25, 0.3) is 0 Å². The molecule has 0 aliphatic carbocycles. The molecule has 0 saturated carbocycles. The Kier molecular flexibility index (Phi) is 8.31. The predicted octanol–water partition coefficient (Wildman–Crippen LogP) is 2.53. The first-order valence-electron chi connectivity index (χ1n) is 11.1. The van der Waals surface area contributed by atoms with Crippen LogP contribution in [-0.2, 0) is 4.74 Å². The molecular weight excluding hydrogens is 404 g/mol. The van der Waals surface area contributed by atoms with Crippen molar-refractivity contribution in [3.63, 3.8) is 0 Å². The normalized spacial score (nSPS) is 20.9. The zero-order valence-electron chi connectivity index (χ0n) is 18.7. The first-order valence-corrected chi connectivity index (χ1v) is 11.1. The lowest BCUT2D eigenvalue weighted by atomic mass is 10.0. The van der Waals surface area contributed by atoms with Gasteiger partial charge in [0.1, 0.15) is 5.75 Å². The van der Waals surface area contributed by atoms with E-state index in [-0.39, 0.29) is 17.3 Å². The van der Waals surface area contributed by atoms with Gasteiger partial charge in [0.15, 0.2) is 5.96 Å². The van der Waals surface area contributed by atoms with Crippen LogP contribution in [-0.4, -0.2) is 81.5 Å². The van der Waals surface area contributed by atoms with Gasteiger partial charge in [0.2, 0.25) is 0 Å². The van der Waals surface area contributed by atoms with Crippen molar-refractivity contribution >= 4 is 11.6 Å². The number of aliphatic imine (C=N–C) groups is 1. The summed E-state index contributed by atoms with van der Waals surface area (Å²) >= 11 is 0. The van der Waals surface area contributed by atoms with E-state index < -0.39 is 6.61 Å². The number of hydrogen-bond donors (Lipinski definition) is 2. The summed E-state index contributed by atoms with van der Waals surface area (Å²) in [6, 6.07) is 7.13. The van der Waals surface area contributed by atoms with Crippen LogP contribution in [0, 0.1) is 0 Å². The maximum Gasteiger partial charge on any atom is 0.387 e. The Bertz CT molecular complexity index is 726. The van der Waals surface area contributed by atoms with Crippen LogP contribution >= 0.6 is 0 Å². The molecule has 0 spiro atoms. The molecule has 9 heteroatoms. The van der Waals surface area contributed by atoms with E-state index in [0.29, 0.717) is 18.8 Å². The van der Waals surface area contributed by atoms with E-state index in [0.717, 1.165) is 51.8 Å². The lowest BCUT2D eigenvalue weighted by Gasteiger charge is -2.40. The fourth-order valence-electron chi connectivity index (χ4n) is 4.07. The zero-order valence-corrected chi connectivity index (χ0v) is 18.7. The molecule has 1 atom stereocenters. The minimum Gasteiger partial charge on any atom is -0.433 e. The summed E-state index contributed by atoms with van der Waals surface area (Å²) in [5.74, 6) is 0.999. The number of nitrogens with zero attached hydrogens (tertiary/aromatic N) is 3. The van der Waals surface area contributed by atoms with Crippen molar-refractivity contribution in [1.82, 2.24) is 15.5 Å². The first kappa shape index (κ1) is 23.5. The fraction of sp³-hybridized carbons (Fsp3) is 0.682. The van der Waals surface area contributed by atoms with Gasteiger partial charge in [-0.3, -0.25) is 9.89 Å². The Labute approximate surface area is 183 Å². The molecule has 31 heavy (non-hydrogen) atoms. The number of ether oxygens (including phenoxy) is 2. The van der Waals surface area contributed by atoms with Gasteiger partial charge in [0, 0.05) is 44.3 Å². The molecule has 1 aromatic carbocycles. The van der Waals surface area contributed by atoms with E-state index in [1.54, 1.807) is 12.1 Å². The molecule has 2 saturated heterocycles. The van der Waals surface area contributed by atoms with Crippen LogP contribution in [0.1, 0.15) is 27.2 Å². The third-order valence-corrected chi connectivity index (χ3v) is 5.79. The maximum absolute atomic E-state index is 12.7. The molecule has 7 nitrogen and oxygen atoms in total. The standard InChI is InChI=1S/C22H35F2N5O2/c1-4-25-21(26-16-22(2,3)29-11-13-30-14-12-29)27-17-9-10-28(15-17)18-7-5-6-8-19(18)31-20(23)24/h5-8,17,20H,4,9-16H2,1-3H3,(H2,25,26,27). The first-order chi connectivity index (χ1) is 14.9. The summed E-state index contributed by atoms with van der Waals surface area (Å²) in [6.07, 6.45) is 0.889. The second-order valence-corrected chi connectivity index (χ2v) is 8.53. The van der Waals surface area contributed by atoms with Gasteiger partial charge in [0.05, 0.1) is 25.4 Å². The van der Waals surface area contributed by atoms with Crippen LogP contribution in [0.15, 0.2) is 29.3 Å². The monoisotopic (exact) mass is 439 g/mol. The Hall–Kier alpha value is -2.13. The van der Waals surface area contributed by atoms with Gasteiger partial charge in [-0.2, -0.15) is 8.78 Å². The molecule has 3 rings (SSSR count). The average Bonchev–Trinajstić information content (AvgIpc) is 3.21. The summed E-state index contributed by atoms with van der Waals surface area (Å²) in [4.78, 5) is 9.35. The largest absolute Gasteiger partial charge is 0.433 e. The number of halogens is 2. The molecule has 174 valence electrons. The molecule has 2 N–H and O–H groups in total. The quantitative estimate of drug-likeness (QED) is 0.480. The number of para-hydroxylation sites is 2. The van der Waals surface area contributed by atoms with Crippen molar-refractivity contribution in [3.8, 4) is 5.75 Å². The molecule has 0 bridgehead atoms. The van der Waals surface area contributed by atoms with Crippen molar-refractivity contribution in [3.05, 3.63) is 24.3 Å². The smallest absolute Gasteiger partial charge is 0.387 e. The van der Waals surface area contributed by atoms with Crippen molar-refractivity contribution in [2.24, 2.45) is 4.99 Å². The number of rotatable bonds is 8. The van der Waals surface area contributed by atoms with Crippen LogP contribution < -0.4 is 20.3 Å². The van der Waals surface area contributed by atoms with Gasteiger partial charge < -0.3 is 25.0 Å². The summed E-state index contributed by atoms with van der Waals surface area (Å²) in [5, 5.41) is 6.85. The molecule has 1 aromatic rings. The van der Waals surface area contributed by atoms with Gasteiger partial charge >= 0.3 is 6.61 Å². The van der Waals surface area contributed by atoms with Gasteiger partial charge in [-0.25, -0.2) is 0 Å². The molecular formula is C22H35F2N5O2. The molecule has 2 aliphatic heterocycles. The minimum absolute atomic E-state index is 0.0562. The summed E-state index contributed by atoms with van der Waals surface area (Å²) in [7, 11) is 0. The van der Waals surface area contributed by atoms with E-state index in [1.165, 1.54) is 0 Å². The van der Waals surface area contributed by atoms with E-state index in [2.05, 4.69) is 34.3 Å². The topological polar surface area (TPSA) is 61.4 Å².